The zero-order chi connectivity index (χ0) is 20.3. The summed E-state index contributed by atoms with van der Waals surface area (Å²) < 4.78 is 0. The van der Waals surface area contributed by atoms with Crippen LogP contribution in [0.5, 0.6) is 0 Å². The van der Waals surface area contributed by atoms with Crippen LogP contribution < -0.4 is 5.73 Å². The van der Waals surface area contributed by atoms with Crippen LogP contribution in [0.25, 0.3) is 0 Å². The summed E-state index contributed by atoms with van der Waals surface area (Å²) in [7, 11) is 0. The van der Waals surface area contributed by atoms with E-state index in [0.29, 0.717) is 21.5 Å². The molecule has 0 radical (unpaired) electrons. The molecule has 1 atom stereocenters. The Bertz CT molecular complexity index is 795. The molecule has 0 amide bonds. The third kappa shape index (κ3) is 4.79. The molecule has 6 heteroatoms. The van der Waals surface area contributed by atoms with Gasteiger partial charge in [0.1, 0.15) is 5.04 Å². The van der Waals surface area contributed by atoms with Gasteiger partial charge < -0.3 is 10.6 Å². The fourth-order valence-electron chi connectivity index (χ4n) is 4.22. The summed E-state index contributed by atoms with van der Waals surface area (Å²) in [6.07, 6.45) is 8.07. The molecule has 28 heavy (non-hydrogen) atoms. The lowest BCUT2D eigenvalue weighted by atomic mass is 9.74. The van der Waals surface area contributed by atoms with Crippen molar-refractivity contribution < 1.29 is 0 Å². The van der Waals surface area contributed by atoms with Gasteiger partial charge in [0.05, 0.1) is 10.0 Å². The molecule has 1 heterocycles. The molecule has 3 nitrogen and oxygen atoms in total. The van der Waals surface area contributed by atoms with Gasteiger partial charge in [0.15, 0.2) is 0 Å². The van der Waals surface area contributed by atoms with Crippen molar-refractivity contribution >= 4 is 40.0 Å². The summed E-state index contributed by atoms with van der Waals surface area (Å²) in [5, 5.41) is 1.94. The van der Waals surface area contributed by atoms with Gasteiger partial charge in [0.25, 0.3) is 0 Å². The Balaban J connectivity index is 1.69. The van der Waals surface area contributed by atoms with Crippen molar-refractivity contribution in [2.24, 2.45) is 16.1 Å². The van der Waals surface area contributed by atoms with Crippen LogP contribution in [0.15, 0.2) is 52.1 Å². The highest BCUT2D eigenvalue weighted by Crippen LogP contribution is 2.45. The first-order valence-electron chi connectivity index (χ1n) is 9.85. The van der Waals surface area contributed by atoms with Gasteiger partial charge in [-0.2, -0.15) is 0 Å². The average Bonchev–Trinajstić information content (AvgIpc) is 3.02. The van der Waals surface area contributed by atoms with Crippen molar-refractivity contribution in [3.8, 4) is 0 Å². The number of hydrogen-bond acceptors (Lipinski definition) is 4. The predicted molar refractivity (Wildman–Crippen MR) is 123 cm³/mol. The molecule has 2 N–H and O–H groups in total. The number of piperidine rings is 1. The van der Waals surface area contributed by atoms with E-state index in [0.717, 1.165) is 28.6 Å². The van der Waals surface area contributed by atoms with Crippen LogP contribution in [0.3, 0.4) is 0 Å². The van der Waals surface area contributed by atoms with Crippen LogP contribution in [-0.4, -0.2) is 29.1 Å². The number of aliphatic imine (C=N–C) groups is 1. The Morgan fingerprint density at radius 2 is 2.00 bits per heavy atom. The number of halogens is 2. The molecule has 2 fully saturated rings. The molecule has 1 saturated heterocycles. The second-order valence-corrected chi connectivity index (χ2v) is 9.80. The molecule has 0 aromatic heterocycles. The Hall–Kier alpha value is -0.940. The van der Waals surface area contributed by atoms with E-state index >= 15 is 0 Å². The minimum atomic E-state index is 0.377. The van der Waals surface area contributed by atoms with Crippen molar-refractivity contribution in [3.63, 3.8) is 0 Å². The number of likely N-dealkylation sites (tertiary alicyclic amines) is 1. The highest BCUT2D eigenvalue weighted by atomic mass is 35.5. The second kappa shape index (κ2) is 9.25. The van der Waals surface area contributed by atoms with Crippen molar-refractivity contribution in [2.75, 3.05) is 13.1 Å². The van der Waals surface area contributed by atoms with Crippen LogP contribution in [0.4, 0.5) is 0 Å². The number of hydrogen-bond donors (Lipinski definition) is 1. The second-order valence-electron chi connectivity index (χ2n) is 7.99. The maximum atomic E-state index is 6.41. The molecule has 3 rings (SSSR count). The third-order valence-electron chi connectivity index (χ3n) is 6.09. The molecule has 1 saturated carbocycles. The number of benzene rings is 1. The van der Waals surface area contributed by atoms with E-state index in [4.69, 9.17) is 33.9 Å². The lowest BCUT2D eigenvalue weighted by Gasteiger charge is -2.43. The van der Waals surface area contributed by atoms with Crippen molar-refractivity contribution in [1.29, 1.82) is 0 Å². The van der Waals surface area contributed by atoms with Crippen LogP contribution >= 0.6 is 35.0 Å². The van der Waals surface area contributed by atoms with E-state index in [1.54, 1.807) is 6.07 Å². The molecule has 1 aliphatic heterocycles. The molecule has 1 aliphatic carbocycles. The van der Waals surface area contributed by atoms with Crippen molar-refractivity contribution in [1.82, 2.24) is 4.90 Å². The molecular formula is C22H29Cl2N3S. The highest BCUT2D eigenvalue weighted by molar-refractivity contribution is 8.14. The normalized spacial score (nSPS) is 22.8. The van der Waals surface area contributed by atoms with E-state index in [9.17, 15) is 0 Å². The van der Waals surface area contributed by atoms with Gasteiger partial charge in [0, 0.05) is 35.9 Å². The largest absolute Gasteiger partial charge is 0.374 e. The van der Waals surface area contributed by atoms with Crippen LogP contribution in [0, 0.1) is 5.41 Å². The lowest BCUT2D eigenvalue weighted by Crippen LogP contribution is -2.46. The van der Waals surface area contributed by atoms with E-state index in [1.807, 2.05) is 25.3 Å². The SMILES string of the molecule is C=C(C)/C(=N\C=C(/C)N1CCC2(CCC[C@H]2N)CC1)Sc1cccc(Cl)c1Cl. The number of nitrogens with two attached hydrogens (primary N) is 1. The van der Waals surface area contributed by atoms with Gasteiger partial charge >= 0.3 is 0 Å². The maximum absolute atomic E-state index is 6.41. The number of nitrogens with zero attached hydrogens (tertiary/aromatic N) is 2. The summed E-state index contributed by atoms with van der Waals surface area (Å²) in [5.74, 6) is 0. The predicted octanol–water partition coefficient (Wildman–Crippen LogP) is 6.51. The van der Waals surface area contributed by atoms with Gasteiger partial charge in [-0.25, -0.2) is 4.99 Å². The Morgan fingerprint density at radius 3 is 2.61 bits per heavy atom. The molecule has 0 bridgehead atoms. The first-order chi connectivity index (χ1) is 13.3. The Labute approximate surface area is 183 Å². The van der Waals surface area contributed by atoms with E-state index < -0.39 is 0 Å². The molecule has 1 aromatic carbocycles. The van der Waals surface area contributed by atoms with E-state index in [1.165, 1.54) is 49.6 Å². The van der Waals surface area contributed by atoms with Gasteiger partial charge in [-0.15, -0.1) is 0 Å². The number of rotatable bonds is 4. The van der Waals surface area contributed by atoms with Crippen molar-refractivity contribution in [2.45, 2.75) is 56.9 Å². The fourth-order valence-corrected chi connectivity index (χ4v) is 5.52. The quantitative estimate of drug-likeness (QED) is 0.331. The summed E-state index contributed by atoms with van der Waals surface area (Å²) >= 11 is 14.0. The van der Waals surface area contributed by atoms with Crippen LogP contribution in [0.2, 0.25) is 10.0 Å². The van der Waals surface area contributed by atoms with Gasteiger partial charge in [-0.3, -0.25) is 0 Å². The minimum absolute atomic E-state index is 0.377. The molecule has 1 spiro atoms. The minimum Gasteiger partial charge on any atom is -0.374 e. The summed E-state index contributed by atoms with van der Waals surface area (Å²) in [4.78, 5) is 8.03. The molecule has 1 aromatic rings. The van der Waals surface area contributed by atoms with Gasteiger partial charge in [-0.1, -0.05) is 54.0 Å². The Morgan fingerprint density at radius 1 is 1.29 bits per heavy atom. The number of allylic oxidation sites excluding steroid dienone is 1. The van der Waals surface area contributed by atoms with Gasteiger partial charge in [0.2, 0.25) is 0 Å². The first-order valence-corrected chi connectivity index (χ1v) is 11.4. The molecule has 0 unspecified atom stereocenters. The van der Waals surface area contributed by atoms with E-state index in [-0.39, 0.29) is 0 Å². The lowest BCUT2D eigenvalue weighted by molar-refractivity contribution is 0.116. The highest BCUT2D eigenvalue weighted by Gasteiger charge is 2.42. The summed E-state index contributed by atoms with van der Waals surface area (Å²) in [6, 6.07) is 6.01. The molecule has 2 aliphatic rings. The average molecular weight is 438 g/mol. The van der Waals surface area contributed by atoms with E-state index in [2.05, 4.69) is 18.4 Å². The monoisotopic (exact) mass is 437 g/mol. The van der Waals surface area contributed by atoms with Crippen LogP contribution in [0.1, 0.15) is 46.0 Å². The fraction of sp³-hybridized carbons (Fsp3) is 0.500. The topological polar surface area (TPSA) is 41.6 Å². The summed E-state index contributed by atoms with van der Waals surface area (Å²) in [6.45, 7) is 10.3. The molecule has 152 valence electrons. The van der Waals surface area contributed by atoms with Crippen LogP contribution in [-0.2, 0) is 0 Å². The van der Waals surface area contributed by atoms with Gasteiger partial charge in [-0.05, 0) is 62.7 Å². The standard InChI is InChI=1S/C22H29Cl2N3S/c1-15(2)21(28-18-7-4-6-17(23)20(18)24)26-14-16(3)27-12-10-22(11-13-27)9-5-8-19(22)25/h4,6-7,14,19H,1,5,8-13,25H2,2-3H3/b16-14+,26-21+/t19-/m1/s1. The third-order valence-corrected chi connectivity index (χ3v) is 8.23. The number of thioether (sulfide) groups is 1. The zero-order valence-corrected chi connectivity index (χ0v) is 19.0. The maximum Gasteiger partial charge on any atom is 0.103 e. The smallest absolute Gasteiger partial charge is 0.103 e. The zero-order valence-electron chi connectivity index (χ0n) is 16.7. The van der Waals surface area contributed by atoms with Crippen molar-refractivity contribution in [3.05, 3.63) is 52.3 Å². The first kappa shape index (κ1) is 21.8. The molecular weight excluding hydrogens is 409 g/mol. The summed E-state index contributed by atoms with van der Waals surface area (Å²) in [5.41, 5.74) is 8.86. The Kier molecular flexibility index (Phi) is 7.19.